The van der Waals surface area contributed by atoms with E-state index in [1.807, 2.05) is 59.2 Å². The number of benzene rings is 2. The van der Waals surface area contributed by atoms with Gasteiger partial charge in [0.05, 0.1) is 18.3 Å². The van der Waals surface area contributed by atoms with E-state index in [9.17, 15) is 4.79 Å². The average Bonchev–Trinajstić information content (AvgIpc) is 2.92. The maximum Gasteiger partial charge on any atom is 0.166 e. The number of para-hydroxylation sites is 1. The highest BCUT2D eigenvalue weighted by Crippen LogP contribution is 2.27. The van der Waals surface area contributed by atoms with Crippen molar-refractivity contribution >= 4 is 22.9 Å². The number of methoxy groups -OCH3 is 1. The van der Waals surface area contributed by atoms with Gasteiger partial charge < -0.3 is 9.30 Å². The highest BCUT2D eigenvalue weighted by molar-refractivity contribution is 5.93. The normalized spacial score (nSPS) is 10.5. The molecule has 104 valence electrons. The molecule has 0 aliphatic rings. The first-order chi connectivity index (χ1) is 10.2. The molecule has 0 atom stereocenters. The van der Waals surface area contributed by atoms with Gasteiger partial charge in [0, 0.05) is 16.6 Å². The summed E-state index contributed by atoms with van der Waals surface area (Å²) in [6.07, 6.45) is 0.853. The lowest BCUT2D eigenvalue weighted by molar-refractivity contribution is 0.111. The van der Waals surface area contributed by atoms with Crippen molar-refractivity contribution in [1.82, 2.24) is 4.57 Å². The van der Waals surface area contributed by atoms with Gasteiger partial charge in [0.25, 0.3) is 0 Å². The Morgan fingerprint density at radius 2 is 1.95 bits per heavy atom. The highest BCUT2D eigenvalue weighted by atomic mass is 16.5. The van der Waals surface area contributed by atoms with Crippen LogP contribution in [-0.2, 0) is 0 Å². The first-order valence-corrected chi connectivity index (χ1v) is 6.64. The maximum absolute atomic E-state index is 11.4. The summed E-state index contributed by atoms with van der Waals surface area (Å²) in [5, 5.41) is 1.02. The number of ether oxygens (including phenoxy) is 1. The molecule has 21 heavy (non-hydrogen) atoms. The molecule has 3 heteroatoms. The molecule has 0 radical (unpaired) electrons. The molecule has 2 aromatic carbocycles. The Bertz CT molecular complexity index is 830. The van der Waals surface area contributed by atoms with E-state index in [0.29, 0.717) is 5.69 Å². The van der Waals surface area contributed by atoms with E-state index in [1.54, 1.807) is 7.11 Å². The molecular weight excluding hydrogens is 262 g/mol. The second-order valence-corrected chi connectivity index (χ2v) is 4.76. The number of carbonyl (C=O) groups is 1. The topological polar surface area (TPSA) is 31.2 Å². The number of carbonyl (C=O) groups excluding carboxylic acids is 1. The van der Waals surface area contributed by atoms with Gasteiger partial charge in [0.1, 0.15) is 5.75 Å². The fourth-order valence-electron chi connectivity index (χ4n) is 2.50. The van der Waals surface area contributed by atoms with Gasteiger partial charge in [-0.15, -0.1) is 0 Å². The molecule has 0 fully saturated rings. The lowest BCUT2D eigenvalue weighted by Crippen LogP contribution is -2.02. The number of rotatable bonds is 4. The largest absolute Gasteiger partial charge is 0.497 e. The molecule has 0 bridgehead atoms. The Kier molecular flexibility index (Phi) is 3.32. The Hall–Kier alpha value is -2.81. The van der Waals surface area contributed by atoms with Crippen LogP contribution in [0.15, 0.2) is 61.2 Å². The maximum atomic E-state index is 11.4. The summed E-state index contributed by atoms with van der Waals surface area (Å²) in [5.41, 5.74) is 3.22. The molecule has 1 heterocycles. The van der Waals surface area contributed by atoms with E-state index in [1.165, 1.54) is 0 Å². The zero-order chi connectivity index (χ0) is 14.8. The number of aldehydes is 1. The van der Waals surface area contributed by atoms with Gasteiger partial charge in [-0.1, -0.05) is 36.9 Å². The fourth-order valence-corrected chi connectivity index (χ4v) is 2.50. The molecule has 0 N–H and O–H groups in total. The van der Waals surface area contributed by atoms with E-state index in [2.05, 4.69) is 6.58 Å². The molecule has 0 aliphatic carbocycles. The van der Waals surface area contributed by atoms with Crippen molar-refractivity contribution < 1.29 is 9.53 Å². The first kappa shape index (κ1) is 13.2. The predicted molar refractivity (Wildman–Crippen MR) is 84.8 cm³/mol. The molecule has 1 aromatic heterocycles. The minimum absolute atomic E-state index is 0.587. The summed E-state index contributed by atoms with van der Waals surface area (Å²) in [7, 11) is 1.63. The Morgan fingerprint density at radius 1 is 1.14 bits per heavy atom. The number of nitrogens with zero attached hydrogens (tertiary/aromatic N) is 1. The Morgan fingerprint density at radius 3 is 2.71 bits per heavy atom. The lowest BCUT2D eigenvalue weighted by Gasteiger charge is -2.12. The number of aromatic nitrogens is 1. The van der Waals surface area contributed by atoms with E-state index in [0.717, 1.165) is 34.2 Å². The molecule has 0 saturated heterocycles. The predicted octanol–water partition coefficient (Wildman–Crippen LogP) is 3.98. The molecular formula is C18H15NO2. The minimum atomic E-state index is 0.587. The molecule has 3 aromatic rings. The van der Waals surface area contributed by atoms with Crippen LogP contribution in [0.3, 0.4) is 0 Å². The van der Waals surface area contributed by atoms with E-state index >= 15 is 0 Å². The molecule has 0 aliphatic heterocycles. The zero-order valence-electron chi connectivity index (χ0n) is 11.7. The van der Waals surface area contributed by atoms with Crippen LogP contribution < -0.4 is 4.74 Å². The summed E-state index contributed by atoms with van der Waals surface area (Å²) in [4.78, 5) is 11.4. The highest BCUT2D eigenvalue weighted by Gasteiger charge is 2.12. The van der Waals surface area contributed by atoms with Gasteiger partial charge >= 0.3 is 0 Å². The van der Waals surface area contributed by atoms with Crippen molar-refractivity contribution in [3.63, 3.8) is 0 Å². The standard InChI is InChI=1S/C18H15NO2/c1-13(14-7-5-8-17(11-14)21-2)19-16(12-20)10-15-6-3-4-9-18(15)19/h3-12H,1H2,2H3. The van der Waals surface area contributed by atoms with Gasteiger partial charge in [-0.2, -0.15) is 0 Å². The second kappa shape index (κ2) is 5.29. The van der Waals surface area contributed by atoms with Crippen LogP contribution in [0.25, 0.3) is 16.6 Å². The SMILES string of the molecule is C=C(c1cccc(OC)c1)n1c(C=O)cc2ccccc21. The van der Waals surface area contributed by atoms with Crippen LogP contribution in [0.2, 0.25) is 0 Å². The van der Waals surface area contributed by atoms with Gasteiger partial charge in [-0.25, -0.2) is 0 Å². The molecule has 0 unspecified atom stereocenters. The van der Waals surface area contributed by atoms with Crippen LogP contribution in [0.4, 0.5) is 0 Å². The Labute approximate surface area is 123 Å². The Balaban J connectivity index is 2.18. The lowest BCUT2D eigenvalue weighted by atomic mass is 10.1. The molecule has 0 saturated carbocycles. The molecule has 3 nitrogen and oxygen atoms in total. The third kappa shape index (κ3) is 2.23. The number of hydrogen-bond donors (Lipinski definition) is 0. The van der Waals surface area contributed by atoms with Crippen LogP contribution in [0.5, 0.6) is 5.75 Å². The molecule has 3 rings (SSSR count). The minimum Gasteiger partial charge on any atom is -0.497 e. The van der Waals surface area contributed by atoms with Crippen molar-refractivity contribution in [1.29, 1.82) is 0 Å². The zero-order valence-corrected chi connectivity index (χ0v) is 11.7. The van der Waals surface area contributed by atoms with Gasteiger partial charge in [-0.3, -0.25) is 4.79 Å². The van der Waals surface area contributed by atoms with Crippen molar-refractivity contribution in [2.75, 3.05) is 7.11 Å². The number of fused-ring (bicyclic) bond motifs is 1. The van der Waals surface area contributed by atoms with Crippen molar-refractivity contribution in [2.45, 2.75) is 0 Å². The third-order valence-electron chi connectivity index (χ3n) is 3.53. The second-order valence-electron chi connectivity index (χ2n) is 4.76. The summed E-state index contributed by atoms with van der Waals surface area (Å²) in [5.74, 6) is 0.762. The summed E-state index contributed by atoms with van der Waals surface area (Å²) >= 11 is 0. The van der Waals surface area contributed by atoms with Crippen molar-refractivity contribution in [2.24, 2.45) is 0 Å². The summed E-state index contributed by atoms with van der Waals surface area (Å²) < 4.78 is 7.12. The third-order valence-corrected chi connectivity index (χ3v) is 3.53. The van der Waals surface area contributed by atoms with E-state index < -0.39 is 0 Å². The van der Waals surface area contributed by atoms with Crippen LogP contribution in [-0.4, -0.2) is 18.0 Å². The molecule has 0 amide bonds. The van der Waals surface area contributed by atoms with Gasteiger partial charge in [0.2, 0.25) is 0 Å². The summed E-state index contributed by atoms with van der Waals surface area (Å²) in [6.45, 7) is 4.15. The first-order valence-electron chi connectivity index (χ1n) is 6.64. The molecule has 0 spiro atoms. The van der Waals surface area contributed by atoms with E-state index in [4.69, 9.17) is 4.74 Å². The smallest absolute Gasteiger partial charge is 0.166 e. The fraction of sp³-hybridized carbons (Fsp3) is 0.0556. The monoisotopic (exact) mass is 277 g/mol. The average molecular weight is 277 g/mol. The van der Waals surface area contributed by atoms with Crippen LogP contribution in [0, 0.1) is 0 Å². The van der Waals surface area contributed by atoms with Crippen molar-refractivity contribution in [3.8, 4) is 5.75 Å². The quantitative estimate of drug-likeness (QED) is 0.675. The van der Waals surface area contributed by atoms with Crippen LogP contribution >= 0.6 is 0 Å². The summed E-state index contributed by atoms with van der Waals surface area (Å²) in [6, 6.07) is 17.4. The number of hydrogen-bond acceptors (Lipinski definition) is 2. The van der Waals surface area contributed by atoms with E-state index in [-0.39, 0.29) is 0 Å². The van der Waals surface area contributed by atoms with Crippen LogP contribution in [0.1, 0.15) is 16.1 Å². The van der Waals surface area contributed by atoms with Gasteiger partial charge in [-0.05, 0) is 24.3 Å². The van der Waals surface area contributed by atoms with Crippen molar-refractivity contribution in [3.05, 3.63) is 72.4 Å². The van der Waals surface area contributed by atoms with Gasteiger partial charge in [0.15, 0.2) is 6.29 Å².